The van der Waals surface area contributed by atoms with E-state index in [2.05, 4.69) is 26.2 Å². The van der Waals surface area contributed by atoms with E-state index < -0.39 is 6.04 Å². The van der Waals surface area contributed by atoms with E-state index in [1.165, 1.54) is 13.3 Å². The first kappa shape index (κ1) is 17.1. The molecule has 1 amide bonds. The lowest BCUT2D eigenvalue weighted by Crippen LogP contribution is -2.30. The van der Waals surface area contributed by atoms with Crippen molar-refractivity contribution in [2.45, 2.75) is 19.4 Å². The van der Waals surface area contributed by atoms with E-state index in [0.29, 0.717) is 5.56 Å². The van der Waals surface area contributed by atoms with Gasteiger partial charge in [0.15, 0.2) is 0 Å². The van der Waals surface area contributed by atoms with Gasteiger partial charge in [-0.25, -0.2) is 0 Å². The van der Waals surface area contributed by atoms with Crippen LogP contribution in [0.5, 0.6) is 0 Å². The highest BCUT2D eigenvalue weighted by Crippen LogP contribution is 2.21. The molecule has 2 rings (SSSR count). The topological polar surface area (TPSA) is 68.3 Å². The number of pyridine rings is 1. The highest BCUT2D eigenvalue weighted by atomic mass is 79.9. The number of halogens is 1. The fourth-order valence-electron chi connectivity index (χ4n) is 2.04. The van der Waals surface area contributed by atoms with Crippen LogP contribution in [0.2, 0.25) is 0 Å². The highest BCUT2D eigenvalue weighted by molar-refractivity contribution is 9.10. The number of amides is 1. The first-order valence-corrected chi connectivity index (χ1v) is 7.84. The molecule has 1 aromatic carbocycles. The van der Waals surface area contributed by atoms with Crippen molar-refractivity contribution in [2.75, 3.05) is 7.11 Å². The SMILES string of the molecule is COC(=O)CC(NC(=O)c1ccc(C)nc1)c1ccc(Br)cc1. The van der Waals surface area contributed by atoms with E-state index in [9.17, 15) is 9.59 Å². The molecular formula is C17H17BrN2O3. The Balaban J connectivity index is 2.19. The summed E-state index contributed by atoms with van der Waals surface area (Å²) in [6, 6.07) is 10.4. The number of esters is 1. The summed E-state index contributed by atoms with van der Waals surface area (Å²) in [5.74, 6) is -0.672. The third kappa shape index (κ3) is 4.89. The monoisotopic (exact) mass is 376 g/mol. The summed E-state index contributed by atoms with van der Waals surface area (Å²) in [4.78, 5) is 28.1. The van der Waals surface area contributed by atoms with E-state index in [-0.39, 0.29) is 18.3 Å². The smallest absolute Gasteiger partial charge is 0.307 e. The van der Waals surface area contributed by atoms with Gasteiger partial charge in [0.1, 0.15) is 0 Å². The molecule has 1 aromatic heterocycles. The molecule has 1 heterocycles. The van der Waals surface area contributed by atoms with Gasteiger partial charge in [-0.15, -0.1) is 0 Å². The van der Waals surface area contributed by atoms with Crippen molar-refractivity contribution >= 4 is 27.8 Å². The third-order valence-corrected chi connectivity index (χ3v) is 3.88. The number of methoxy groups -OCH3 is 1. The standard InChI is InChI=1S/C17H17BrN2O3/c1-11-3-4-13(10-19-11)17(22)20-15(9-16(21)23-2)12-5-7-14(18)8-6-12/h3-8,10,15H,9H2,1-2H3,(H,20,22). The summed E-state index contributed by atoms with van der Waals surface area (Å²) in [5.41, 5.74) is 2.11. The van der Waals surface area contributed by atoms with Gasteiger partial charge in [0.2, 0.25) is 0 Å². The maximum Gasteiger partial charge on any atom is 0.307 e. The van der Waals surface area contributed by atoms with Crippen molar-refractivity contribution < 1.29 is 14.3 Å². The Hall–Kier alpha value is -2.21. The summed E-state index contributed by atoms with van der Waals surface area (Å²) < 4.78 is 5.64. The van der Waals surface area contributed by atoms with Gasteiger partial charge in [-0.2, -0.15) is 0 Å². The summed E-state index contributed by atoms with van der Waals surface area (Å²) in [7, 11) is 1.33. The number of rotatable bonds is 5. The van der Waals surface area contributed by atoms with Crippen LogP contribution in [-0.4, -0.2) is 24.0 Å². The third-order valence-electron chi connectivity index (χ3n) is 3.35. The van der Waals surface area contributed by atoms with Crippen molar-refractivity contribution in [3.63, 3.8) is 0 Å². The average Bonchev–Trinajstić information content (AvgIpc) is 2.55. The van der Waals surface area contributed by atoms with Gasteiger partial charge in [0.25, 0.3) is 5.91 Å². The van der Waals surface area contributed by atoms with E-state index >= 15 is 0 Å². The maximum atomic E-state index is 12.4. The van der Waals surface area contributed by atoms with Gasteiger partial charge < -0.3 is 10.1 Å². The molecule has 1 unspecified atom stereocenters. The molecule has 0 bridgehead atoms. The van der Waals surface area contributed by atoms with Crippen LogP contribution in [-0.2, 0) is 9.53 Å². The van der Waals surface area contributed by atoms with Crippen molar-refractivity contribution in [1.82, 2.24) is 10.3 Å². The minimum Gasteiger partial charge on any atom is -0.469 e. The zero-order chi connectivity index (χ0) is 16.8. The van der Waals surface area contributed by atoms with Crippen molar-refractivity contribution in [3.8, 4) is 0 Å². The van der Waals surface area contributed by atoms with Gasteiger partial charge >= 0.3 is 5.97 Å². The molecule has 5 nitrogen and oxygen atoms in total. The Labute approximate surface area is 143 Å². The molecule has 0 saturated heterocycles. The van der Waals surface area contributed by atoms with Gasteiger partial charge in [-0.1, -0.05) is 28.1 Å². The van der Waals surface area contributed by atoms with Crippen molar-refractivity contribution in [1.29, 1.82) is 0 Å². The summed E-state index contributed by atoms with van der Waals surface area (Å²) in [6.07, 6.45) is 1.57. The van der Waals surface area contributed by atoms with Crippen LogP contribution in [0, 0.1) is 6.92 Å². The molecule has 0 radical (unpaired) electrons. The molecule has 0 spiro atoms. The molecule has 0 fully saturated rings. The lowest BCUT2D eigenvalue weighted by molar-refractivity contribution is -0.141. The van der Waals surface area contributed by atoms with E-state index in [4.69, 9.17) is 4.74 Å². The van der Waals surface area contributed by atoms with Crippen LogP contribution in [0.1, 0.15) is 34.1 Å². The maximum absolute atomic E-state index is 12.4. The van der Waals surface area contributed by atoms with Crippen LogP contribution < -0.4 is 5.32 Å². The Morgan fingerprint density at radius 1 is 1.22 bits per heavy atom. The lowest BCUT2D eigenvalue weighted by Gasteiger charge is -2.18. The van der Waals surface area contributed by atoms with Gasteiger partial charge in [0.05, 0.1) is 25.1 Å². The van der Waals surface area contributed by atoms with Gasteiger partial charge in [0, 0.05) is 16.4 Å². The second kappa shape index (κ2) is 7.87. The fourth-order valence-corrected chi connectivity index (χ4v) is 2.31. The normalized spacial score (nSPS) is 11.6. The van der Waals surface area contributed by atoms with Crippen LogP contribution in [0.4, 0.5) is 0 Å². The highest BCUT2D eigenvalue weighted by Gasteiger charge is 2.19. The molecule has 0 aliphatic rings. The van der Waals surface area contributed by atoms with Gasteiger partial charge in [-0.3, -0.25) is 14.6 Å². The van der Waals surface area contributed by atoms with Crippen LogP contribution in [0.25, 0.3) is 0 Å². The molecule has 1 N–H and O–H groups in total. The summed E-state index contributed by atoms with van der Waals surface area (Å²) in [6.45, 7) is 1.85. The van der Waals surface area contributed by atoms with E-state index in [1.807, 2.05) is 31.2 Å². The number of benzene rings is 1. The zero-order valence-electron chi connectivity index (χ0n) is 12.9. The Kier molecular flexibility index (Phi) is 5.87. The van der Waals surface area contributed by atoms with E-state index in [1.54, 1.807) is 12.1 Å². The number of hydrogen-bond donors (Lipinski definition) is 1. The molecule has 1 atom stereocenters. The number of carbonyl (C=O) groups is 2. The van der Waals surface area contributed by atoms with Crippen LogP contribution in [0.3, 0.4) is 0 Å². The van der Waals surface area contributed by atoms with Gasteiger partial charge in [-0.05, 0) is 36.8 Å². The zero-order valence-corrected chi connectivity index (χ0v) is 14.5. The molecular weight excluding hydrogens is 360 g/mol. The molecule has 0 aliphatic heterocycles. The molecule has 0 aliphatic carbocycles. The molecule has 120 valence electrons. The second-order valence-corrected chi connectivity index (χ2v) is 5.96. The predicted molar refractivity (Wildman–Crippen MR) is 90.0 cm³/mol. The summed E-state index contributed by atoms with van der Waals surface area (Å²) >= 11 is 3.37. The minimum atomic E-state index is -0.468. The van der Waals surface area contributed by atoms with Crippen molar-refractivity contribution in [2.24, 2.45) is 0 Å². The second-order valence-electron chi connectivity index (χ2n) is 5.05. The predicted octanol–water partition coefficient (Wildman–Crippen LogP) is 3.19. The molecule has 0 saturated carbocycles. The largest absolute Gasteiger partial charge is 0.469 e. The number of nitrogens with zero attached hydrogens (tertiary/aromatic N) is 1. The quantitative estimate of drug-likeness (QED) is 0.813. The first-order valence-electron chi connectivity index (χ1n) is 7.05. The number of nitrogens with one attached hydrogen (secondary N) is 1. The Bertz CT molecular complexity index is 684. The molecule has 23 heavy (non-hydrogen) atoms. The molecule has 6 heteroatoms. The summed E-state index contributed by atoms with van der Waals surface area (Å²) in [5, 5.41) is 2.86. The fraction of sp³-hybridized carbons (Fsp3) is 0.235. The van der Waals surface area contributed by atoms with Crippen LogP contribution in [0.15, 0.2) is 47.1 Å². The number of ether oxygens (including phenoxy) is 1. The molecule has 2 aromatic rings. The number of hydrogen-bond acceptors (Lipinski definition) is 4. The van der Waals surface area contributed by atoms with E-state index in [0.717, 1.165) is 15.7 Å². The number of aryl methyl sites for hydroxylation is 1. The number of aromatic nitrogens is 1. The minimum absolute atomic E-state index is 0.0587. The Morgan fingerprint density at radius 3 is 2.48 bits per heavy atom. The average molecular weight is 377 g/mol. The first-order chi connectivity index (χ1) is 11.0. The Morgan fingerprint density at radius 2 is 1.91 bits per heavy atom. The van der Waals surface area contributed by atoms with Crippen molar-refractivity contribution in [3.05, 3.63) is 63.9 Å². The number of carbonyl (C=O) groups excluding carboxylic acids is 2. The lowest BCUT2D eigenvalue weighted by atomic mass is 10.0. The van der Waals surface area contributed by atoms with Crippen LogP contribution >= 0.6 is 15.9 Å².